The van der Waals surface area contributed by atoms with E-state index in [-0.39, 0.29) is 19.3 Å². The number of ether oxygens (including phenoxy) is 4. The quantitative estimate of drug-likeness (QED) is 0.469. The molecule has 0 N–H and O–H groups in total. The van der Waals surface area contributed by atoms with E-state index in [0.29, 0.717) is 23.7 Å². The van der Waals surface area contributed by atoms with Gasteiger partial charge in [0.1, 0.15) is 18.1 Å². The SMILES string of the molecule is Cc1cc(Br)ccc1OCC(=O)Oc1ccc(C(=O)OCC2CCCO2)cc1. The molecule has 0 spiro atoms. The van der Waals surface area contributed by atoms with Gasteiger partial charge in [0.2, 0.25) is 0 Å². The first-order chi connectivity index (χ1) is 13.5. The van der Waals surface area contributed by atoms with Gasteiger partial charge >= 0.3 is 11.9 Å². The minimum Gasteiger partial charge on any atom is -0.482 e. The molecule has 2 aromatic rings. The highest BCUT2D eigenvalue weighted by atomic mass is 79.9. The van der Waals surface area contributed by atoms with E-state index in [1.807, 2.05) is 19.1 Å². The van der Waals surface area contributed by atoms with Crippen LogP contribution < -0.4 is 9.47 Å². The topological polar surface area (TPSA) is 71.1 Å². The lowest BCUT2D eigenvalue weighted by molar-refractivity contribution is -0.136. The van der Waals surface area contributed by atoms with Crippen LogP contribution in [-0.2, 0) is 14.3 Å². The Hall–Kier alpha value is -2.38. The van der Waals surface area contributed by atoms with Crippen molar-refractivity contribution >= 4 is 27.9 Å². The molecule has 0 aromatic heterocycles. The maximum Gasteiger partial charge on any atom is 0.349 e. The van der Waals surface area contributed by atoms with Crippen LogP contribution in [-0.4, -0.2) is 37.9 Å². The summed E-state index contributed by atoms with van der Waals surface area (Å²) in [5.41, 5.74) is 1.30. The van der Waals surface area contributed by atoms with E-state index >= 15 is 0 Å². The molecule has 0 radical (unpaired) electrons. The number of carbonyl (C=O) groups excluding carboxylic acids is 2. The number of benzene rings is 2. The molecular weight excluding hydrogens is 428 g/mol. The van der Waals surface area contributed by atoms with Gasteiger partial charge in [-0.15, -0.1) is 0 Å². The summed E-state index contributed by atoms with van der Waals surface area (Å²) in [4.78, 5) is 24.0. The summed E-state index contributed by atoms with van der Waals surface area (Å²) in [5, 5.41) is 0. The molecule has 0 amide bonds. The number of rotatable bonds is 7. The fraction of sp³-hybridized carbons (Fsp3) is 0.333. The number of hydrogen-bond acceptors (Lipinski definition) is 6. The Balaban J connectivity index is 1.46. The molecule has 1 saturated heterocycles. The second-order valence-corrected chi connectivity index (χ2v) is 7.35. The molecule has 6 nitrogen and oxygen atoms in total. The minimum atomic E-state index is -0.531. The van der Waals surface area contributed by atoms with E-state index in [0.717, 1.165) is 22.9 Å². The van der Waals surface area contributed by atoms with Crippen LogP contribution in [0.3, 0.4) is 0 Å². The third-order valence-electron chi connectivity index (χ3n) is 4.23. The normalized spacial score (nSPS) is 15.9. The van der Waals surface area contributed by atoms with E-state index in [9.17, 15) is 9.59 Å². The van der Waals surface area contributed by atoms with Crippen LogP contribution in [0.15, 0.2) is 46.9 Å². The third-order valence-corrected chi connectivity index (χ3v) is 4.72. The van der Waals surface area contributed by atoms with Crippen molar-refractivity contribution in [3.8, 4) is 11.5 Å². The smallest absolute Gasteiger partial charge is 0.349 e. The number of halogens is 1. The molecule has 28 heavy (non-hydrogen) atoms. The van der Waals surface area contributed by atoms with Crippen molar-refractivity contribution in [2.45, 2.75) is 25.9 Å². The summed E-state index contributed by atoms with van der Waals surface area (Å²) in [6.45, 7) is 2.64. The van der Waals surface area contributed by atoms with Gasteiger partial charge in [0.25, 0.3) is 0 Å². The predicted molar refractivity (Wildman–Crippen MR) is 106 cm³/mol. The lowest BCUT2D eigenvalue weighted by atomic mass is 10.2. The highest BCUT2D eigenvalue weighted by Crippen LogP contribution is 2.22. The Morgan fingerprint density at radius 1 is 1.18 bits per heavy atom. The molecule has 2 aromatic carbocycles. The van der Waals surface area contributed by atoms with E-state index in [1.165, 1.54) is 0 Å². The van der Waals surface area contributed by atoms with Crippen LogP contribution >= 0.6 is 15.9 Å². The van der Waals surface area contributed by atoms with Crippen LogP contribution in [0.25, 0.3) is 0 Å². The third kappa shape index (κ3) is 5.81. The van der Waals surface area contributed by atoms with Crippen molar-refractivity contribution in [2.24, 2.45) is 0 Å². The molecule has 7 heteroatoms. The molecule has 1 aliphatic heterocycles. The Morgan fingerprint density at radius 2 is 1.96 bits per heavy atom. The lowest BCUT2D eigenvalue weighted by Gasteiger charge is -2.11. The average Bonchev–Trinajstić information content (AvgIpc) is 3.19. The minimum absolute atomic E-state index is 0.0152. The van der Waals surface area contributed by atoms with Gasteiger partial charge in [0, 0.05) is 11.1 Å². The van der Waals surface area contributed by atoms with E-state index < -0.39 is 11.9 Å². The zero-order valence-corrected chi connectivity index (χ0v) is 17.1. The molecule has 0 bridgehead atoms. The molecular formula is C21H21BrO6. The zero-order valence-electron chi connectivity index (χ0n) is 15.5. The van der Waals surface area contributed by atoms with Crippen LogP contribution in [0.5, 0.6) is 11.5 Å². The van der Waals surface area contributed by atoms with Crippen molar-refractivity contribution in [3.63, 3.8) is 0 Å². The zero-order chi connectivity index (χ0) is 19.9. The van der Waals surface area contributed by atoms with Crippen molar-refractivity contribution in [2.75, 3.05) is 19.8 Å². The molecule has 1 heterocycles. The monoisotopic (exact) mass is 448 g/mol. The van der Waals surface area contributed by atoms with Crippen molar-refractivity contribution in [1.29, 1.82) is 0 Å². The summed E-state index contributed by atoms with van der Waals surface area (Å²) < 4.78 is 22.3. The summed E-state index contributed by atoms with van der Waals surface area (Å²) >= 11 is 3.38. The number of aryl methyl sites for hydroxylation is 1. The van der Waals surface area contributed by atoms with Gasteiger partial charge in [0.05, 0.1) is 11.7 Å². The first-order valence-electron chi connectivity index (χ1n) is 8.99. The predicted octanol–water partition coefficient (Wildman–Crippen LogP) is 4.08. The fourth-order valence-corrected chi connectivity index (χ4v) is 3.23. The van der Waals surface area contributed by atoms with Gasteiger partial charge in [-0.2, -0.15) is 0 Å². The summed E-state index contributed by atoms with van der Waals surface area (Å²) in [6, 6.07) is 11.7. The largest absolute Gasteiger partial charge is 0.482 e. The molecule has 0 saturated carbocycles. The van der Waals surface area contributed by atoms with Gasteiger partial charge < -0.3 is 18.9 Å². The van der Waals surface area contributed by atoms with Gasteiger partial charge in [-0.3, -0.25) is 0 Å². The van der Waals surface area contributed by atoms with Gasteiger partial charge in [0.15, 0.2) is 6.61 Å². The first kappa shape index (κ1) is 20.4. The second kappa shape index (κ2) is 9.71. The standard InChI is InChI=1S/C21H21BrO6/c1-14-11-16(22)6-9-19(14)26-13-20(23)28-17-7-4-15(5-8-17)21(24)27-12-18-3-2-10-25-18/h4-9,11,18H,2-3,10,12-13H2,1H3. The number of esters is 2. The van der Waals surface area contributed by atoms with Crippen molar-refractivity contribution in [3.05, 3.63) is 58.1 Å². The van der Waals surface area contributed by atoms with E-state index in [1.54, 1.807) is 30.3 Å². The highest BCUT2D eigenvalue weighted by Gasteiger charge is 2.18. The molecule has 3 rings (SSSR count). The molecule has 1 atom stereocenters. The average molecular weight is 449 g/mol. The molecule has 148 valence electrons. The fourth-order valence-electron chi connectivity index (χ4n) is 2.76. The highest BCUT2D eigenvalue weighted by molar-refractivity contribution is 9.10. The van der Waals surface area contributed by atoms with Crippen LogP contribution in [0.4, 0.5) is 0 Å². The maximum absolute atomic E-state index is 12.0. The van der Waals surface area contributed by atoms with Crippen molar-refractivity contribution in [1.82, 2.24) is 0 Å². The van der Waals surface area contributed by atoms with Gasteiger partial charge in [-0.05, 0) is 67.8 Å². The van der Waals surface area contributed by atoms with Crippen LogP contribution in [0.1, 0.15) is 28.8 Å². The lowest BCUT2D eigenvalue weighted by Crippen LogP contribution is -2.18. The number of hydrogen-bond donors (Lipinski definition) is 0. The summed E-state index contributed by atoms with van der Waals surface area (Å²) in [5.74, 6) is -0.0141. The van der Waals surface area contributed by atoms with E-state index in [2.05, 4.69) is 15.9 Å². The van der Waals surface area contributed by atoms with Crippen molar-refractivity contribution < 1.29 is 28.5 Å². The first-order valence-corrected chi connectivity index (χ1v) is 9.79. The summed E-state index contributed by atoms with van der Waals surface area (Å²) in [7, 11) is 0. The molecule has 1 aliphatic rings. The second-order valence-electron chi connectivity index (χ2n) is 6.43. The molecule has 1 fully saturated rings. The Bertz CT molecular complexity index is 827. The van der Waals surface area contributed by atoms with Crippen LogP contribution in [0, 0.1) is 6.92 Å². The van der Waals surface area contributed by atoms with Gasteiger partial charge in [-0.1, -0.05) is 15.9 Å². The van der Waals surface area contributed by atoms with Gasteiger partial charge in [-0.25, -0.2) is 9.59 Å². The molecule has 1 unspecified atom stereocenters. The maximum atomic E-state index is 12.0. The van der Waals surface area contributed by atoms with E-state index in [4.69, 9.17) is 18.9 Å². The summed E-state index contributed by atoms with van der Waals surface area (Å²) in [6.07, 6.45) is 1.88. The Morgan fingerprint density at radius 3 is 2.64 bits per heavy atom. The number of carbonyl (C=O) groups is 2. The molecule has 0 aliphatic carbocycles. The Labute approximate surface area is 171 Å². The Kier molecular flexibility index (Phi) is 7.06. The van der Waals surface area contributed by atoms with Crippen LogP contribution in [0.2, 0.25) is 0 Å².